The fourth-order valence-electron chi connectivity index (χ4n) is 1.50. The van der Waals surface area contributed by atoms with Crippen LogP contribution in [0.25, 0.3) is 0 Å². The number of hydrogen-bond acceptors (Lipinski definition) is 2. The molecule has 2 aromatic carbocycles. The summed E-state index contributed by atoms with van der Waals surface area (Å²) < 4.78 is 25.9. The first-order valence-electron chi connectivity index (χ1n) is 5.22. The average Bonchev–Trinajstić information content (AvgIpc) is 2.34. The summed E-state index contributed by atoms with van der Waals surface area (Å²) in [5.74, 6) is -1.72. The molecule has 0 radical (unpaired) electrons. The van der Waals surface area contributed by atoms with E-state index in [-0.39, 0.29) is 0 Å². The minimum atomic E-state index is -0.865. The number of halogens is 3. The van der Waals surface area contributed by atoms with E-state index in [0.717, 1.165) is 22.6 Å². The van der Waals surface area contributed by atoms with Gasteiger partial charge in [0.2, 0.25) is 0 Å². The highest BCUT2D eigenvalue weighted by Crippen LogP contribution is 2.34. The van der Waals surface area contributed by atoms with E-state index >= 15 is 0 Å². The van der Waals surface area contributed by atoms with Crippen molar-refractivity contribution in [3.63, 3.8) is 0 Å². The molecule has 0 bridgehead atoms. The third-order valence-electron chi connectivity index (χ3n) is 2.40. The number of nitrogens with two attached hydrogens (primary N) is 1. The third-order valence-corrected chi connectivity index (χ3v) is 3.85. The standard InChI is InChI=1S/C13H10ClF2NS/c14-10-2-1-3-13(9(10)7-17)18-8-4-5-11(15)12(16)6-8/h1-6H,7,17H2. The van der Waals surface area contributed by atoms with E-state index in [1.54, 1.807) is 12.1 Å². The molecule has 0 heterocycles. The Morgan fingerprint density at radius 3 is 2.56 bits per heavy atom. The maximum absolute atomic E-state index is 13.1. The van der Waals surface area contributed by atoms with Gasteiger partial charge in [0.25, 0.3) is 0 Å². The van der Waals surface area contributed by atoms with Gasteiger partial charge < -0.3 is 5.73 Å². The number of rotatable bonds is 3. The van der Waals surface area contributed by atoms with Gasteiger partial charge in [-0.15, -0.1) is 0 Å². The first-order valence-corrected chi connectivity index (χ1v) is 6.41. The zero-order chi connectivity index (χ0) is 13.1. The number of hydrogen-bond donors (Lipinski definition) is 1. The highest BCUT2D eigenvalue weighted by molar-refractivity contribution is 7.99. The zero-order valence-corrected chi connectivity index (χ0v) is 10.9. The summed E-state index contributed by atoms with van der Waals surface area (Å²) in [6.45, 7) is 0.297. The van der Waals surface area contributed by atoms with Gasteiger partial charge in [0.15, 0.2) is 11.6 Å². The van der Waals surface area contributed by atoms with Crippen molar-refractivity contribution in [1.29, 1.82) is 0 Å². The molecule has 0 unspecified atom stereocenters. The Bertz CT molecular complexity index is 575. The van der Waals surface area contributed by atoms with Crippen LogP contribution in [0.15, 0.2) is 46.2 Å². The highest BCUT2D eigenvalue weighted by atomic mass is 35.5. The number of benzene rings is 2. The lowest BCUT2D eigenvalue weighted by molar-refractivity contribution is 0.506. The fourth-order valence-corrected chi connectivity index (χ4v) is 2.82. The monoisotopic (exact) mass is 285 g/mol. The molecule has 94 valence electrons. The van der Waals surface area contributed by atoms with Crippen molar-refractivity contribution in [2.24, 2.45) is 5.73 Å². The smallest absolute Gasteiger partial charge is 0.159 e. The van der Waals surface area contributed by atoms with Crippen LogP contribution in [0.1, 0.15) is 5.56 Å². The van der Waals surface area contributed by atoms with Gasteiger partial charge in [-0.25, -0.2) is 8.78 Å². The second-order valence-corrected chi connectivity index (χ2v) is 5.12. The molecule has 0 fully saturated rings. The van der Waals surface area contributed by atoms with Crippen LogP contribution in [-0.2, 0) is 6.54 Å². The van der Waals surface area contributed by atoms with Crippen molar-refractivity contribution in [3.05, 3.63) is 58.6 Å². The van der Waals surface area contributed by atoms with Crippen LogP contribution in [0.4, 0.5) is 8.78 Å². The minimum absolute atomic E-state index is 0.297. The molecule has 0 saturated heterocycles. The Morgan fingerprint density at radius 2 is 1.89 bits per heavy atom. The predicted molar refractivity (Wildman–Crippen MR) is 69.8 cm³/mol. The molecule has 0 atom stereocenters. The fraction of sp³-hybridized carbons (Fsp3) is 0.0769. The van der Waals surface area contributed by atoms with Crippen molar-refractivity contribution in [3.8, 4) is 0 Å². The van der Waals surface area contributed by atoms with Crippen molar-refractivity contribution in [2.75, 3.05) is 0 Å². The van der Waals surface area contributed by atoms with Gasteiger partial charge in [-0.05, 0) is 35.9 Å². The molecule has 1 nitrogen and oxygen atoms in total. The van der Waals surface area contributed by atoms with Gasteiger partial charge >= 0.3 is 0 Å². The first kappa shape index (κ1) is 13.3. The molecule has 18 heavy (non-hydrogen) atoms. The minimum Gasteiger partial charge on any atom is -0.326 e. The summed E-state index contributed by atoms with van der Waals surface area (Å²) in [7, 11) is 0. The van der Waals surface area contributed by atoms with Crippen LogP contribution >= 0.6 is 23.4 Å². The van der Waals surface area contributed by atoms with Crippen LogP contribution in [0.5, 0.6) is 0 Å². The van der Waals surface area contributed by atoms with Gasteiger partial charge in [0.1, 0.15) is 0 Å². The molecule has 0 aliphatic carbocycles. The topological polar surface area (TPSA) is 26.0 Å². The quantitative estimate of drug-likeness (QED) is 0.913. The van der Waals surface area contributed by atoms with E-state index in [4.69, 9.17) is 17.3 Å². The van der Waals surface area contributed by atoms with Crippen LogP contribution in [0.3, 0.4) is 0 Å². The van der Waals surface area contributed by atoms with Gasteiger partial charge in [-0.3, -0.25) is 0 Å². The molecule has 0 aliphatic rings. The summed E-state index contributed by atoms with van der Waals surface area (Å²) in [5.41, 5.74) is 6.43. The van der Waals surface area contributed by atoms with E-state index in [0.29, 0.717) is 16.5 Å². The SMILES string of the molecule is NCc1c(Cl)cccc1Sc1ccc(F)c(F)c1. The molecular formula is C13H10ClF2NS. The molecule has 0 spiro atoms. The van der Waals surface area contributed by atoms with Gasteiger partial charge in [0.05, 0.1) is 0 Å². The van der Waals surface area contributed by atoms with Crippen LogP contribution in [0, 0.1) is 11.6 Å². The zero-order valence-electron chi connectivity index (χ0n) is 9.29. The molecule has 2 aromatic rings. The Kier molecular flexibility index (Phi) is 4.22. The third kappa shape index (κ3) is 2.83. The molecule has 0 amide bonds. The summed E-state index contributed by atoms with van der Waals surface area (Å²) >= 11 is 7.33. The summed E-state index contributed by atoms with van der Waals surface area (Å²) in [6, 6.07) is 9.17. The van der Waals surface area contributed by atoms with E-state index in [1.807, 2.05) is 6.07 Å². The second-order valence-electron chi connectivity index (χ2n) is 3.60. The molecule has 0 saturated carbocycles. The summed E-state index contributed by atoms with van der Waals surface area (Å²) in [4.78, 5) is 1.45. The normalized spacial score (nSPS) is 10.7. The molecule has 0 aromatic heterocycles. The van der Waals surface area contributed by atoms with Crippen molar-refractivity contribution < 1.29 is 8.78 Å². The Balaban J connectivity index is 2.34. The molecule has 2 N–H and O–H groups in total. The largest absolute Gasteiger partial charge is 0.326 e. The summed E-state index contributed by atoms with van der Waals surface area (Å²) in [5, 5.41) is 0.574. The molecular weight excluding hydrogens is 276 g/mol. The summed E-state index contributed by atoms with van der Waals surface area (Å²) in [6.07, 6.45) is 0. The van der Waals surface area contributed by atoms with E-state index in [9.17, 15) is 8.78 Å². The Morgan fingerprint density at radius 1 is 1.11 bits per heavy atom. The molecule has 2 rings (SSSR count). The van der Waals surface area contributed by atoms with Crippen molar-refractivity contribution in [1.82, 2.24) is 0 Å². The molecule has 0 aliphatic heterocycles. The van der Waals surface area contributed by atoms with Gasteiger partial charge in [-0.2, -0.15) is 0 Å². The molecule has 5 heteroatoms. The van der Waals surface area contributed by atoms with Gasteiger partial charge in [0, 0.05) is 21.4 Å². The van der Waals surface area contributed by atoms with E-state index in [1.165, 1.54) is 17.8 Å². The van der Waals surface area contributed by atoms with Crippen LogP contribution in [0.2, 0.25) is 5.02 Å². The Hall–Kier alpha value is -1.10. The maximum atomic E-state index is 13.1. The Labute approximate surface area is 113 Å². The lowest BCUT2D eigenvalue weighted by Crippen LogP contribution is -1.99. The van der Waals surface area contributed by atoms with Gasteiger partial charge in [-0.1, -0.05) is 29.4 Å². The maximum Gasteiger partial charge on any atom is 0.159 e. The second kappa shape index (κ2) is 5.69. The average molecular weight is 286 g/mol. The first-order chi connectivity index (χ1) is 8.61. The van der Waals surface area contributed by atoms with Crippen LogP contribution < -0.4 is 5.73 Å². The predicted octanol–water partition coefficient (Wildman–Crippen LogP) is 4.23. The highest BCUT2D eigenvalue weighted by Gasteiger charge is 2.09. The van der Waals surface area contributed by atoms with Crippen molar-refractivity contribution in [2.45, 2.75) is 16.3 Å². The lowest BCUT2D eigenvalue weighted by atomic mass is 10.2. The van der Waals surface area contributed by atoms with Crippen molar-refractivity contribution >= 4 is 23.4 Å². The van der Waals surface area contributed by atoms with E-state index < -0.39 is 11.6 Å². The lowest BCUT2D eigenvalue weighted by Gasteiger charge is -2.09. The van der Waals surface area contributed by atoms with Crippen LogP contribution in [-0.4, -0.2) is 0 Å². The van der Waals surface area contributed by atoms with E-state index in [2.05, 4.69) is 0 Å².